The minimum Gasteiger partial charge on any atom is -0.369 e. The molecule has 0 atom stereocenters. The molecule has 0 aliphatic heterocycles. The molecule has 1 aromatic heterocycles. The summed E-state index contributed by atoms with van der Waals surface area (Å²) in [5.41, 5.74) is 4.08. The first-order valence-electron chi connectivity index (χ1n) is 6.11. The maximum Gasteiger partial charge on any atom is 0.185 e. The van der Waals surface area contributed by atoms with Gasteiger partial charge < -0.3 is 5.32 Å². The van der Waals surface area contributed by atoms with Gasteiger partial charge in [-0.15, -0.1) is 11.3 Å². The van der Waals surface area contributed by atoms with Crippen LogP contribution in [0, 0.1) is 0 Å². The van der Waals surface area contributed by atoms with Crippen LogP contribution >= 0.6 is 11.3 Å². The molecular formula is C14H16N2O2S. The lowest BCUT2D eigenvalue weighted by Crippen LogP contribution is -2.22. The molecule has 1 aliphatic carbocycles. The van der Waals surface area contributed by atoms with E-state index in [1.165, 1.54) is 11.3 Å². The zero-order valence-electron chi connectivity index (χ0n) is 11.2. The van der Waals surface area contributed by atoms with Crippen molar-refractivity contribution in [2.45, 2.75) is 27.2 Å². The third-order valence-electron chi connectivity index (χ3n) is 3.42. The summed E-state index contributed by atoms with van der Waals surface area (Å²) in [5, 5.41) is 5.05. The zero-order valence-corrected chi connectivity index (χ0v) is 12.1. The Morgan fingerprint density at radius 2 is 1.79 bits per heavy atom. The molecule has 0 aromatic carbocycles. The summed E-state index contributed by atoms with van der Waals surface area (Å²) in [7, 11) is 0. The smallest absolute Gasteiger partial charge is 0.185 e. The number of Topliss-reactive ketones (excluding diaryl/α,β-unsaturated/α-hetero) is 2. The molecule has 0 amide bonds. The van der Waals surface area contributed by atoms with Gasteiger partial charge in [-0.1, -0.05) is 0 Å². The molecule has 1 heterocycles. The van der Waals surface area contributed by atoms with Crippen molar-refractivity contribution in [2.75, 3.05) is 11.9 Å². The minimum absolute atomic E-state index is 0.00493. The number of carbonyl (C=O) groups excluding carboxylic acids is 2. The van der Waals surface area contributed by atoms with E-state index in [4.69, 9.17) is 0 Å². The summed E-state index contributed by atoms with van der Waals surface area (Å²) in [5.74, 6) is 0.789. The van der Waals surface area contributed by atoms with Crippen LogP contribution in [0.4, 0.5) is 5.82 Å². The highest BCUT2D eigenvalue weighted by molar-refractivity contribution is 7.07. The lowest BCUT2D eigenvalue weighted by molar-refractivity contribution is -0.116. The predicted molar refractivity (Wildman–Crippen MR) is 76.3 cm³/mol. The highest BCUT2D eigenvalue weighted by Gasteiger charge is 2.27. The number of nitrogens with one attached hydrogen (secondary N) is 1. The summed E-state index contributed by atoms with van der Waals surface area (Å²) >= 11 is 1.51. The molecule has 0 spiro atoms. The zero-order chi connectivity index (χ0) is 14.0. The number of rotatable bonds is 4. The van der Waals surface area contributed by atoms with Crippen LogP contribution in [0.15, 0.2) is 33.2 Å². The van der Waals surface area contributed by atoms with Gasteiger partial charge in [0.25, 0.3) is 0 Å². The second kappa shape index (κ2) is 5.48. The normalized spacial score (nSPS) is 16.4. The molecule has 19 heavy (non-hydrogen) atoms. The first-order valence-corrected chi connectivity index (χ1v) is 7.05. The predicted octanol–water partition coefficient (Wildman–Crippen LogP) is 2.75. The van der Waals surface area contributed by atoms with Gasteiger partial charge in [-0.25, -0.2) is 4.98 Å². The van der Waals surface area contributed by atoms with Crippen molar-refractivity contribution in [2.24, 2.45) is 0 Å². The maximum absolute atomic E-state index is 12.2. The molecule has 1 aliphatic rings. The van der Waals surface area contributed by atoms with Crippen molar-refractivity contribution in [3.05, 3.63) is 33.2 Å². The fourth-order valence-electron chi connectivity index (χ4n) is 2.07. The van der Waals surface area contributed by atoms with Crippen molar-refractivity contribution in [1.82, 2.24) is 4.98 Å². The Labute approximate surface area is 116 Å². The quantitative estimate of drug-likeness (QED) is 0.859. The minimum atomic E-state index is -0.0132. The van der Waals surface area contributed by atoms with Crippen molar-refractivity contribution in [3.8, 4) is 0 Å². The average molecular weight is 276 g/mol. The van der Waals surface area contributed by atoms with Gasteiger partial charge in [-0.2, -0.15) is 0 Å². The summed E-state index contributed by atoms with van der Waals surface area (Å²) in [6, 6.07) is 0. The highest BCUT2D eigenvalue weighted by atomic mass is 32.1. The lowest BCUT2D eigenvalue weighted by Gasteiger charge is -2.18. The van der Waals surface area contributed by atoms with Gasteiger partial charge in [0.15, 0.2) is 11.6 Å². The van der Waals surface area contributed by atoms with Crippen molar-refractivity contribution >= 4 is 28.7 Å². The van der Waals surface area contributed by atoms with E-state index in [1.54, 1.807) is 26.3 Å². The molecule has 5 heteroatoms. The van der Waals surface area contributed by atoms with E-state index < -0.39 is 0 Å². The van der Waals surface area contributed by atoms with E-state index >= 15 is 0 Å². The number of hydrogen-bond donors (Lipinski definition) is 1. The number of ketones is 2. The number of hydrogen-bond acceptors (Lipinski definition) is 5. The Balaban J connectivity index is 2.07. The van der Waals surface area contributed by atoms with Gasteiger partial charge in [-0.3, -0.25) is 9.59 Å². The first-order chi connectivity index (χ1) is 9.02. The van der Waals surface area contributed by atoms with Gasteiger partial charge >= 0.3 is 0 Å². The summed E-state index contributed by atoms with van der Waals surface area (Å²) < 4.78 is 0. The fourth-order valence-corrected chi connectivity index (χ4v) is 2.58. The Bertz CT molecular complexity index is 583. The van der Waals surface area contributed by atoms with Crippen LogP contribution in [0.1, 0.15) is 27.2 Å². The number of allylic oxidation sites excluding steroid dienone is 3. The van der Waals surface area contributed by atoms with E-state index in [-0.39, 0.29) is 11.6 Å². The third kappa shape index (κ3) is 2.66. The maximum atomic E-state index is 12.2. The van der Waals surface area contributed by atoms with Crippen LogP contribution in [0.2, 0.25) is 0 Å². The van der Waals surface area contributed by atoms with E-state index in [0.717, 1.165) is 5.82 Å². The van der Waals surface area contributed by atoms with Crippen LogP contribution in [-0.4, -0.2) is 23.1 Å². The summed E-state index contributed by atoms with van der Waals surface area (Å²) in [6.07, 6.45) is 0.540. The van der Waals surface area contributed by atoms with Crippen LogP contribution < -0.4 is 5.32 Å². The number of aromatic nitrogens is 1. The number of nitrogens with zero attached hydrogens (tertiary/aromatic N) is 1. The van der Waals surface area contributed by atoms with Gasteiger partial charge in [0.2, 0.25) is 0 Å². The Morgan fingerprint density at radius 1 is 1.11 bits per heavy atom. The molecule has 1 aromatic rings. The molecule has 0 fully saturated rings. The molecule has 0 saturated heterocycles. The monoisotopic (exact) mass is 276 g/mol. The van der Waals surface area contributed by atoms with Crippen LogP contribution in [0.3, 0.4) is 0 Å². The number of thiazole rings is 1. The van der Waals surface area contributed by atoms with E-state index in [1.807, 2.05) is 5.38 Å². The molecule has 0 saturated carbocycles. The molecular weight excluding hydrogens is 260 g/mol. The molecule has 0 unspecified atom stereocenters. The molecule has 2 rings (SSSR count). The van der Waals surface area contributed by atoms with Crippen molar-refractivity contribution in [1.29, 1.82) is 0 Å². The molecule has 100 valence electrons. The second-order valence-corrected chi connectivity index (χ2v) is 5.28. The van der Waals surface area contributed by atoms with Gasteiger partial charge in [0, 0.05) is 34.2 Å². The van der Waals surface area contributed by atoms with Crippen molar-refractivity contribution < 1.29 is 9.59 Å². The topological polar surface area (TPSA) is 59.1 Å². The molecule has 0 radical (unpaired) electrons. The Kier molecular flexibility index (Phi) is 3.95. The fraction of sp³-hybridized carbons (Fsp3) is 0.357. The summed E-state index contributed by atoms with van der Waals surface area (Å²) in [4.78, 5) is 28.3. The Hall–Kier alpha value is -1.75. The highest BCUT2D eigenvalue weighted by Crippen LogP contribution is 2.26. The van der Waals surface area contributed by atoms with Gasteiger partial charge in [-0.05, 0) is 27.2 Å². The SMILES string of the molecule is CC1=C(C)C(=O)C(CCNc2cscn2)=C(C)C1=O. The molecule has 4 nitrogen and oxygen atoms in total. The van der Waals surface area contributed by atoms with Gasteiger partial charge in [0.05, 0.1) is 5.51 Å². The van der Waals surface area contributed by atoms with Gasteiger partial charge in [0.1, 0.15) is 5.82 Å². The largest absolute Gasteiger partial charge is 0.369 e. The third-order valence-corrected chi connectivity index (χ3v) is 4.01. The lowest BCUT2D eigenvalue weighted by atomic mass is 9.84. The standard InChI is InChI=1S/C14H16N2O2S/c1-8-9(2)14(18)11(10(3)13(8)17)4-5-15-12-6-19-7-16-12/h6-7,15H,4-5H2,1-3H3. The van der Waals surface area contributed by atoms with Crippen LogP contribution in [0.25, 0.3) is 0 Å². The molecule has 1 N–H and O–H groups in total. The average Bonchev–Trinajstić information content (AvgIpc) is 2.91. The second-order valence-electron chi connectivity index (χ2n) is 4.56. The van der Waals surface area contributed by atoms with Crippen LogP contribution in [-0.2, 0) is 9.59 Å². The Morgan fingerprint density at radius 3 is 2.42 bits per heavy atom. The van der Waals surface area contributed by atoms with Crippen LogP contribution in [0.5, 0.6) is 0 Å². The van der Waals surface area contributed by atoms with E-state index in [0.29, 0.717) is 35.3 Å². The summed E-state index contributed by atoms with van der Waals surface area (Å²) in [6.45, 7) is 5.76. The first kappa shape index (κ1) is 13.7. The number of anilines is 1. The number of carbonyl (C=O) groups is 2. The molecule has 0 bridgehead atoms. The van der Waals surface area contributed by atoms with Crippen molar-refractivity contribution in [3.63, 3.8) is 0 Å². The van der Waals surface area contributed by atoms with E-state index in [2.05, 4.69) is 10.3 Å². The van der Waals surface area contributed by atoms with E-state index in [9.17, 15) is 9.59 Å².